The number of halogens is 3. The fourth-order valence-electron chi connectivity index (χ4n) is 1.68. The molecule has 0 aliphatic heterocycles. The van der Waals surface area contributed by atoms with E-state index in [1.165, 1.54) is 6.07 Å². The second-order valence-corrected chi connectivity index (χ2v) is 6.15. The fourth-order valence-corrected chi connectivity index (χ4v) is 2.91. The zero-order valence-electron chi connectivity index (χ0n) is 9.29. The lowest BCUT2D eigenvalue weighted by molar-refractivity contribution is 0.502. The summed E-state index contributed by atoms with van der Waals surface area (Å²) in [5, 5.41) is 1.97. The van der Waals surface area contributed by atoms with Crippen molar-refractivity contribution in [3.05, 3.63) is 56.2 Å². The number of rotatable bonds is 4. The molecule has 1 aromatic heterocycles. The lowest BCUT2D eigenvalue weighted by atomic mass is 10.0. The molecule has 2 rings (SSSR count). The van der Waals surface area contributed by atoms with E-state index >= 15 is 0 Å². The van der Waals surface area contributed by atoms with Gasteiger partial charge < -0.3 is 0 Å². The highest BCUT2D eigenvalue weighted by molar-refractivity contribution is 9.11. The quantitative estimate of drug-likeness (QED) is 0.663. The molecule has 2 nitrogen and oxygen atoms in total. The summed E-state index contributed by atoms with van der Waals surface area (Å²) in [4.78, 5) is 0. The van der Waals surface area contributed by atoms with Gasteiger partial charge in [0.1, 0.15) is 0 Å². The molecule has 2 aromatic rings. The van der Waals surface area contributed by atoms with Crippen molar-refractivity contribution in [1.29, 1.82) is 0 Å². The van der Waals surface area contributed by atoms with Crippen LogP contribution in [0.5, 0.6) is 0 Å². The Kier molecular flexibility index (Phi) is 4.45. The van der Waals surface area contributed by atoms with E-state index in [2.05, 4.69) is 21.4 Å². The molecule has 96 valence electrons. The maximum absolute atomic E-state index is 13.1. The van der Waals surface area contributed by atoms with Gasteiger partial charge in [0, 0.05) is 0 Å². The predicted octanol–water partition coefficient (Wildman–Crippen LogP) is 3.54. The highest BCUT2D eigenvalue weighted by Gasteiger charge is 2.13. The molecule has 0 bridgehead atoms. The van der Waals surface area contributed by atoms with Gasteiger partial charge >= 0.3 is 0 Å². The average Bonchev–Trinajstić information content (AvgIpc) is 2.77. The van der Waals surface area contributed by atoms with Gasteiger partial charge in [0.2, 0.25) is 0 Å². The summed E-state index contributed by atoms with van der Waals surface area (Å²) in [5.41, 5.74) is 4.39. The van der Waals surface area contributed by atoms with Gasteiger partial charge in [-0.2, -0.15) is 0 Å². The molecule has 0 aliphatic rings. The lowest BCUT2D eigenvalue weighted by Gasteiger charge is -2.14. The van der Waals surface area contributed by atoms with Crippen molar-refractivity contribution in [3.8, 4) is 0 Å². The summed E-state index contributed by atoms with van der Waals surface area (Å²) >= 11 is 4.93. The summed E-state index contributed by atoms with van der Waals surface area (Å²) < 4.78 is 26.9. The number of hydrazine groups is 1. The van der Waals surface area contributed by atoms with Gasteiger partial charge in [-0.1, -0.05) is 6.07 Å². The first-order valence-electron chi connectivity index (χ1n) is 5.24. The number of benzene rings is 1. The van der Waals surface area contributed by atoms with Gasteiger partial charge in [-0.25, -0.2) is 8.78 Å². The number of hydrogen-bond donors (Lipinski definition) is 2. The topological polar surface area (TPSA) is 38.0 Å². The number of hydrogen-bond acceptors (Lipinski definition) is 3. The van der Waals surface area contributed by atoms with Crippen LogP contribution in [0.3, 0.4) is 0 Å². The molecular weight excluding hydrogens is 322 g/mol. The third-order valence-electron chi connectivity index (χ3n) is 2.62. The van der Waals surface area contributed by atoms with Crippen molar-refractivity contribution < 1.29 is 8.78 Å². The van der Waals surface area contributed by atoms with Crippen LogP contribution in [0.15, 0.2) is 33.4 Å². The maximum Gasteiger partial charge on any atom is 0.159 e. The summed E-state index contributed by atoms with van der Waals surface area (Å²) in [5.74, 6) is 3.82. The molecule has 0 saturated carbocycles. The standard InChI is InChI=1S/C12H11BrF2N2S/c13-12-5-8(6-18-12)11(17-16)4-7-1-2-9(14)10(15)3-7/h1-3,5-6,11,17H,4,16H2. The van der Waals surface area contributed by atoms with Crippen LogP contribution >= 0.6 is 27.3 Å². The summed E-state index contributed by atoms with van der Waals surface area (Å²) in [6, 6.07) is 5.71. The Morgan fingerprint density at radius 1 is 1.28 bits per heavy atom. The molecule has 3 N–H and O–H groups in total. The van der Waals surface area contributed by atoms with Gasteiger partial charge in [-0.3, -0.25) is 11.3 Å². The van der Waals surface area contributed by atoms with Gasteiger partial charge in [-0.05, 0) is 57.1 Å². The summed E-state index contributed by atoms with van der Waals surface area (Å²) in [6.45, 7) is 0. The SMILES string of the molecule is NNC(Cc1ccc(F)c(F)c1)c1csc(Br)c1. The highest BCUT2D eigenvalue weighted by Crippen LogP contribution is 2.27. The Hall–Kier alpha value is -0.820. The predicted molar refractivity (Wildman–Crippen MR) is 72.1 cm³/mol. The second-order valence-electron chi connectivity index (χ2n) is 3.86. The van der Waals surface area contributed by atoms with Crippen LogP contribution in [-0.4, -0.2) is 0 Å². The Labute approximate surface area is 116 Å². The van der Waals surface area contributed by atoms with Crippen molar-refractivity contribution >= 4 is 27.3 Å². The first kappa shape index (κ1) is 13.6. The number of nitrogens with one attached hydrogen (secondary N) is 1. The molecule has 1 aromatic carbocycles. The molecule has 1 unspecified atom stereocenters. The Balaban J connectivity index is 2.17. The molecular formula is C12H11BrF2N2S. The highest BCUT2D eigenvalue weighted by atomic mass is 79.9. The van der Waals surface area contributed by atoms with Crippen molar-refractivity contribution in [2.75, 3.05) is 0 Å². The molecule has 0 fully saturated rings. The van der Waals surface area contributed by atoms with Crippen LogP contribution in [-0.2, 0) is 6.42 Å². The van der Waals surface area contributed by atoms with Crippen LogP contribution in [0.1, 0.15) is 17.2 Å². The minimum absolute atomic E-state index is 0.127. The summed E-state index contributed by atoms with van der Waals surface area (Å²) in [6.07, 6.45) is 0.497. The van der Waals surface area contributed by atoms with Crippen LogP contribution in [0.2, 0.25) is 0 Å². The molecule has 0 radical (unpaired) electrons. The number of nitrogens with two attached hydrogens (primary N) is 1. The summed E-state index contributed by atoms with van der Waals surface area (Å²) in [7, 11) is 0. The van der Waals surface area contributed by atoms with Gasteiger partial charge in [0.05, 0.1) is 9.83 Å². The van der Waals surface area contributed by atoms with E-state index in [0.29, 0.717) is 12.0 Å². The van der Waals surface area contributed by atoms with Crippen molar-refractivity contribution in [2.24, 2.45) is 5.84 Å². The Morgan fingerprint density at radius 3 is 2.61 bits per heavy atom. The van der Waals surface area contributed by atoms with E-state index in [4.69, 9.17) is 5.84 Å². The molecule has 0 aliphatic carbocycles. The molecule has 6 heteroatoms. The van der Waals surface area contributed by atoms with E-state index in [1.807, 2.05) is 11.4 Å². The molecule has 1 heterocycles. The third-order valence-corrected chi connectivity index (χ3v) is 4.14. The third kappa shape index (κ3) is 3.14. The van der Waals surface area contributed by atoms with E-state index in [9.17, 15) is 8.78 Å². The zero-order valence-corrected chi connectivity index (χ0v) is 11.7. The minimum atomic E-state index is -0.839. The van der Waals surface area contributed by atoms with Crippen LogP contribution in [0, 0.1) is 11.6 Å². The minimum Gasteiger partial charge on any atom is -0.271 e. The normalized spacial score (nSPS) is 12.7. The first-order chi connectivity index (χ1) is 8.60. The van der Waals surface area contributed by atoms with Crippen LogP contribution < -0.4 is 11.3 Å². The molecule has 0 saturated heterocycles. The average molecular weight is 333 g/mol. The monoisotopic (exact) mass is 332 g/mol. The van der Waals surface area contributed by atoms with Crippen LogP contribution in [0.4, 0.5) is 8.78 Å². The van der Waals surface area contributed by atoms with E-state index in [-0.39, 0.29) is 6.04 Å². The van der Waals surface area contributed by atoms with E-state index < -0.39 is 11.6 Å². The van der Waals surface area contributed by atoms with E-state index in [0.717, 1.165) is 15.4 Å². The maximum atomic E-state index is 13.1. The van der Waals surface area contributed by atoms with Crippen molar-refractivity contribution in [3.63, 3.8) is 0 Å². The van der Waals surface area contributed by atoms with Crippen molar-refractivity contribution in [2.45, 2.75) is 12.5 Å². The van der Waals surface area contributed by atoms with Crippen LogP contribution in [0.25, 0.3) is 0 Å². The molecule has 1 atom stereocenters. The van der Waals surface area contributed by atoms with Gasteiger partial charge in [0.15, 0.2) is 11.6 Å². The fraction of sp³-hybridized carbons (Fsp3) is 0.167. The Morgan fingerprint density at radius 2 is 2.06 bits per heavy atom. The molecule has 0 amide bonds. The zero-order chi connectivity index (χ0) is 13.1. The largest absolute Gasteiger partial charge is 0.271 e. The second kappa shape index (κ2) is 5.88. The lowest BCUT2D eigenvalue weighted by Crippen LogP contribution is -2.29. The van der Waals surface area contributed by atoms with E-state index in [1.54, 1.807) is 17.4 Å². The molecule has 0 spiro atoms. The first-order valence-corrected chi connectivity index (χ1v) is 6.91. The Bertz CT molecular complexity index is 545. The van der Waals surface area contributed by atoms with Crippen molar-refractivity contribution in [1.82, 2.24) is 5.43 Å². The smallest absolute Gasteiger partial charge is 0.159 e. The number of thiophene rings is 1. The van der Waals surface area contributed by atoms with Gasteiger partial charge in [0.25, 0.3) is 0 Å². The molecule has 18 heavy (non-hydrogen) atoms. The van der Waals surface area contributed by atoms with Gasteiger partial charge in [-0.15, -0.1) is 11.3 Å².